The zero-order valence-corrected chi connectivity index (χ0v) is 35.9. The number of hydrogen-bond acceptors (Lipinski definition) is 13. The Kier molecular flexibility index (Phi) is 13.3. The van der Waals surface area contributed by atoms with Gasteiger partial charge in [-0.3, -0.25) is 9.36 Å². The van der Waals surface area contributed by atoms with Crippen LogP contribution in [-0.2, 0) is 35.9 Å². The molecule has 7 rings (SSSR count). The molecule has 3 aromatic heterocycles. The van der Waals surface area contributed by atoms with Crippen LogP contribution in [0.1, 0.15) is 57.0 Å². The summed E-state index contributed by atoms with van der Waals surface area (Å²) in [5.74, 6) is 1.73. The lowest BCUT2D eigenvalue weighted by molar-refractivity contribution is -0.0938. The van der Waals surface area contributed by atoms with Gasteiger partial charge in [-0.15, -0.1) is 0 Å². The summed E-state index contributed by atoms with van der Waals surface area (Å²) in [7, 11) is 4.84. The van der Waals surface area contributed by atoms with Crippen LogP contribution in [0, 0.1) is 11.3 Å². The first-order valence-electron chi connectivity index (χ1n) is 19.7. The van der Waals surface area contributed by atoms with Gasteiger partial charge in [-0.1, -0.05) is 54.6 Å². The van der Waals surface area contributed by atoms with Crippen LogP contribution in [0.3, 0.4) is 0 Å². The van der Waals surface area contributed by atoms with E-state index >= 15 is 0 Å². The molecule has 1 fully saturated rings. The van der Waals surface area contributed by atoms with E-state index in [2.05, 4.69) is 48.5 Å². The van der Waals surface area contributed by atoms with Gasteiger partial charge in [-0.25, -0.2) is 9.65 Å². The molecule has 5 atom stereocenters. The van der Waals surface area contributed by atoms with E-state index in [0.29, 0.717) is 22.9 Å². The molecule has 1 aliphatic rings. The normalized spacial score (nSPS) is 18.8. The van der Waals surface area contributed by atoms with Crippen molar-refractivity contribution >= 4 is 25.5 Å². The molecule has 0 amide bonds. The van der Waals surface area contributed by atoms with Gasteiger partial charge in [0.25, 0.3) is 8.53 Å². The highest BCUT2D eigenvalue weighted by Gasteiger charge is 2.51. The van der Waals surface area contributed by atoms with Gasteiger partial charge in [0, 0.05) is 26.2 Å². The van der Waals surface area contributed by atoms with Gasteiger partial charge < -0.3 is 37.3 Å². The van der Waals surface area contributed by atoms with E-state index in [1.807, 2.05) is 78.9 Å². The van der Waals surface area contributed by atoms with Crippen molar-refractivity contribution in [1.29, 1.82) is 5.26 Å². The average Bonchev–Trinajstić information content (AvgIpc) is 3.96. The van der Waals surface area contributed by atoms with Crippen LogP contribution in [0.25, 0.3) is 16.9 Å². The molecule has 0 saturated carbocycles. The molecule has 1 saturated heterocycles. The number of ether oxygens (including phenoxy) is 5. The number of aromatic nitrogens is 6. The predicted octanol–water partition coefficient (Wildman–Crippen LogP) is 6.38. The Morgan fingerprint density at radius 1 is 0.883 bits per heavy atom. The molecule has 1 aliphatic heterocycles. The molecule has 17 heteroatoms. The van der Waals surface area contributed by atoms with E-state index in [1.54, 1.807) is 37.5 Å². The first-order valence-corrected chi connectivity index (χ1v) is 20.9. The predicted molar refractivity (Wildman–Crippen MR) is 225 cm³/mol. The summed E-state index contributed by atoms with van der Waals surface area (Å²) in [6.07, 6.45) is -0.0123. The van der Waals surface area contributed by atoms with E-state index in [1.165, 1.54) is 17.2 Å². The molecule has 16 nitrogen and oxygen atoms in total. The largest absolute Gasteiger partial charge is 0.497 e. The van der Waals surface area contributed by atoms with Gasteiger partial charge in [0.05, 0.1) is 46.3 Å². The Morgan fingerprint density at radius 3 is 2.07 bits per heavy atom. The van der Waals surface area contributed by atoms with Crippen molar-refractivity contribution in [3.63, 3.8) is 0 Å². The van der Waals surface area contributed by atoms with Crippen molar-refractivity contribution < 1.29 is 32.7 Å². The average molecular weight is 839 g/mol. The molecule has 0 bridgehead atoms. The van der Waals surface area contributed by atoms with E-state index < -0.39 is 44.2 Å². The number of fused-ring (bicyclic) bond motifs is 2. The number of hydrogen-bond donors (Lipinski definition) is 0. The third-order valence-corrected chi connectivity index (χ3v) is 12.7. The Bertz CT molecular complexity index is 2390. The van der Waals surface area contributed by atoms with Crippen LogP contribution in [-0.4, -0.2) is 98.3 Å². The van der Waals surface area contributed by atoms with Gasteiger partial charge in [0.2, 0.25) is 5.78 Å². The summed E-state index contributed by atoms with van der Waals surface area (Å²) in [6.45, 7) is 8.47. The monoisotopic (exact) mass is 838 g/mol. The second-order valence-corrected chi connectivity index (χ2v) is 16.3. The Hall–Kier alpha value is -5.24. The van der Waals surface area contributed by atoms with E-state index in [0.717, 1.165) is 16.7 Å². The van der Waals surface area contributed by atoms with Crippen LogP contribution in [0.2, 0.25) is 0 Å². The quantitative estimate of drug-likeness (QED) is 0.0534. The number of aryl methyl sites for hydroxylation is 1. The molecule has 0 radical (unpaired) electrons. The zero-order valence-electron chi connectivity index (χ0n) is 35.0. The Balaban J connectivity index is 1.37. The lowest BCUT2D eigenvalue weighted by atomic mass is 9.80. The number of rotatable bonds is 18. The van der Waals surface area contributed by atoms with E-state index in [-0.39, 0.29) is 37.2 Å². The van der Waals surface area contributed by atoms with Crippen LogP contribution in [0.15, 0.2) is 96.3 Å². The summed E-state index contributed by atoms with van der Waals surface area (Å²) in [5, 5.41) is 13.6. The second kappa shape index (κ2) is 18.6. The highest BCUT2D eigenvalue weighted by Crippen LogP contribution is 2.51. The molecule has 0 aliphatic carbocycles. The lowest BCUT2D eigenvalue weighted by Gasteiger charge is -2.39. The van der Waals surface area contributed by atoms with Gasteiger partial charge >= 0.3 is 5.56 Å². The van der Waals surface area contributed by atoms with Crippen molar-refractivity contribution in [3.8, 4) is 17.6 Å². The minimum absolute atomic E-state index is 0.00655. The van der Waals surface area contributed by atoms with Gasteiger partial charge in [-0.2, -0.15) is 19.9 Å². The highest BCUT2D eigenvalue weighted by molar-refractivity contribution is 7.44. The van der Waals surface area contributed by atoms with Gasteiger partial charge in [0.15, 0.2) is 17.4 Å². The maximum absolute atomic E-state index is 13.6. The van der Waals surface area contributed by atoms with Crippen molar-refractivity contribution in [2.45, 2.75) is 76.3 Å². The third-order valence-electron chi connectivity index (χ3n) is 10.6. The van der Waals surface area contributed by atoms with Crippen LogP contribution >= 0.6 is 8.53 Å². The summed E-state index contributed by atoms with van der Waals surface area (Å²) >= 11 is 0. The van der Waals surface area contributed by atoms with Crippen molar-refractivity contribution in [2.75, 3.05) is 34.5 Å². The highest BCUT2D eigenvalue weighted by atomic mass is 31.2. The topological polar surface area (TPSA) is 162 Å². The minimum atomic E-state index is -1.77. The molecular formula is C43H51N8O8P. The number of imidazole rings is 1. The summed E-state index contributed by atoms with van der Waals surface area (Å²) in [4.78, 5) is 22.9. The molecule has 1 unspecified atom stereocenters. The molecule has 316 valence electrons. The summed E-state index contributed by atoms with van der Waals surface area (Å²) < 4.78 is 52.1. The Labute approximate surface area is 350 Å². The standard InChI is InChI=1S/C43H51N8O8P/c1-28(2)51(29(3)4)60(57-24-12-23-44)59-37-35(58-41(38(37)55-8)49-26-45-36-39(49)47-42-48(5)27-46-50(42)40(36)52)25-56-43(30-13-10-9-11-14-30,31-15-19-33(53-6)20-16-31)32-17-21-34(54-7)22-18-32/h9-11,13-22,26-29,35,37-38,41H,12,24-25H2,1-8H3/t35-,37-,38-,41-,60?/m1/s1. The molecule has 4 heterocycles. The number of methoxy groups -OCH3 is 3. The summed E-state index contributed by atoms with van der Waals surface area (Å²) in [6, 6.07) is 27.8. The zero-order chi connectivity index (χ0) is 42.6. The fourth-order valence-corrected chi connectivity index (χ4v) is 9.54. The number of benzene rings is 3. The summed E-state index contributed by atoms with van der Waals surface area (Å²) in [5.41, 5.74) is 1.38. The van der Waals surface area contributed by atoms with Crippen molar-refractivity contribution in [3.05, 3.63) is 119 Å². The third kappa shape index (κ3) is 8.14. The van der Waals surface area contributed by atoms with Gasteiger partial charge in [-0.05, 0) is 68.7 Å². The van der Waals surface area contributed by atoms with Crippen molar-refractivity contribution in [1.82, 2.24) is 33.4 Å². The van der Waals surface area contributed by atoms with Crippen LogP contribution < -0.4 is 15.0 Å². The second-order valence-electron chi connectivity index (χ2n) is 14.9. The van der Waals surface area contributed by atoms with Crippen LogP contribution in [0.5, 0.6) is 11.5 Å². The maximum Gasteiger partial charge on any atom is 0.303 e. The van der Waals surface area contributed by atoms with Gasteiger partial charge in [0.1, 0.15) is 41.7 Å². The minimum Gasteiger partial charge on any atom is -0.497 e. The first-order chi connectivity index (χ1) is 29.1. The Morgan fingerprint density at radius 2 is 1.50 bits per heavy atom. The van der Waals surface area contributed by atoms with E-state index in [4.69, 9.17) is 37.7 Å². The molecule has 0 N–H and O–H groups in total. The molecule has 60 heavy (non-hydrogen) atoms. The fourth-order valence-electron chi connectivity index (χ4n) is 7.77. The lowest BCUT2D eigenvalue weighted by Crippen LogP contribution is -2.42. The van der Waals surface area contributed by atoms with Crippen LogP contribution in [0.4, 0.5) is 0 Å². The van der Waals surface area contributed by atoms with Crippen molar-refractivity contribution in [2.24, 2.45) is 7.05 Å². The SMILES string of the molecule is COc1ccc(C(OC[C@H]2O[C@@H](n3cnc4c(=O)n5ncn(C)c5nc43)[C@H](OC)[C@@H]2OP(OCCC#N)N(C(C)C)C(C)C)(c2ccccc2)c2ccc(OC)cc2)cc1. The first kappa shape index (κ1) is 42.9. The molecule has 0 spiro atoms. The molecular weight excluding hydrogens is 787 g/mol. The van der Waals surface area contributed by atoms with E-state index in [9.17, 15) is 10.1 Å². The molecule has 3 aromatic carbocycles. The molecule has 6 aromatic rings. The fraction of sp³-hybridized carbons (Fsp3) is 0.419. The smallest absolute Gasteiger partial charge is 0.303 e. The number of nitrogens with zero attached hydrogens (tertiary/aromatic N) is 8. The number of nitriles is 1. The maximum atomic E-state index is 13.6.